The minimum atomic E-state index is -1.23. The van der Waals surface area contributed by atoms with Crippen molar-refractivity contribution in [2.75, 3.05) is 19.6 Å². The van der Waals surface area contributed by atoms with E-state index < -0.39 is 48.2 Å². The molecule has 0 spiro atoms. The number of aromatic nitrogens is 4. The maximum Gasteiger partial charge on any atom is 0.322 e. The van der Waals surface area contributed by atoms with Gasteiger partial charge in [0.25, 0.3) is 0 Å². The fraction of sp³-hybridized carbons (Fsp3) is 0.450. The summed E-state index contributed by atoms with van der Waals surface area (Å²) in [5.41, 5.74) is 6.43. The Morgan fingerprint density at radius 3 is 1.83 bits per heavy atom. The summed E-state index contributed by atoms with van der Waals surface area (Å²) in [5.74, 6) is -3.37. The topological polar surface area (TPSA) is 237 Å². The first-order valence-corrected chi connectivity index (χ1v) is 10.8. The van der Waals surface area contributed by atoms with E-state index in [1.54, 1.807) is 12.4 Å². The number of amides is 4. The van der Waals surface area contributed by atoms with Gasteiger partial charge in [-0.15, -0.1) is 0 Å². The number of carboxylic acid groups (broad SMARTS) is 1. The normalized spacial score (nSPS) is 12.3. The van der Waals surface area contributed by atoms with Crippen molar-refractivity contribution < 1.29 is 29.1 Å². The van der Waals surface area contributed by atoms with Crippen LogP contribution in [0.4, 0.5) is 0 Å². The van der Waals surface area contributed by atoms with Gasteiger partial charge >= 0.3 is 5.97 Å². The quantitative estimate of drug-likeness (QED) is 0.126. The molecule has 2 rings (SSSR count). The van der Waals surface area contributed by atoms with Gasteiger partial charge in [-0.2, -0.15) is 0 Å². The number of nitrogens with zero attached hydrogens (tertiary/aromatic N) is 2. The van der Waals surface area contributed by atoms with Crippen LogP contribution in [0.2, 0.25) is 0 Å². The predicted octanol–water partition coefficient (Wildman–Crippen LogP) is -3.06. The molecule has 4 amide bonds. The third kappa shape index (κ3) is 10.0. The van der Waals surface area contributed by atoms with Crippen molar-refractivity contribution in [1.29, 1.82) is 0 Å². The van der Waals surface area contributed by atoms with E-state index >= 15 is 0 Å². The zero-order chi connectivity index (χ0) is 25.6. The van der Waals surface area contributed by atoms with E-state index in [2.05, 4.69) is 41.2 Å². The number of rotatable bonds is 15. The van der Waals surface area contributed by atoms with Crippen molar-refractivity contribution in [3.05, 3.63) is 36.4 Å². The molecule has 0 aliphatic heterocycles. The second-order valence-corrected chi connectivity index (χ2v) is 7.46. The zero-order valence-electron chi connectivity index (χ0n) is 18.9. The number of aromatic amines is 2. The average molecular weight is 492 g/mol. The lowest BCUT2D eigenvalue weighted by molar-refractivity contribution is -0.138. The number of hydrogen-bond donors (Lipinski definition) is 8. The number of carbonyl (C=O) groups is 5. The summed E-state index contributed by atoms with van der Waals surface area (Å²) in [4.78, 5) is 73.6. The van der Waals surface area contributed by atoms with Crippen molar-refractivity contribution in [3.8, 4) is 0 Å². The number of aliphatic carboxylic acids is 1. The van der Waals surface area contributed by atoms with Gasteiger partial charge in [-0.3, -0.25) is 24.0 Å². The standard InChI is InChI=1S/C20H29N9O6/c21-3-1-16(30)28-14(5-12-7-22-10-26-12)19(34)24-4-2-17(31)29-15(6-13-8-23-11-27-13)20(35)25-9-18(32)33/h7-8,10-11,14-15H,1-6,9,21H2,(H,22,26)(H,23,27)(H,24,34)(H,25,35)(H,28,30)(H,29,31)(H,32,33)/t14-,15-/m0/s1. The Kier molecular flexibility index (Phi) is 10.9. The van der Waals surface area contributed by atoms with Gasteiger partial charge in [0.2, 0.25) is 23.6 Å². The molecule has 0 saturated carbocycles. The van der Waals surface area contributed by atoms with E-state index in [4.69, 9.17) is 10.8 Å². The first-order valence-electron chi connectivity index (χ1n) is 10.8. The van der Waals surface area contributed by atoms with E-state index in [-0.39, 0.29) is 38.8 Å². The summed E-state index contributed by atoms with van der Waals surface area (Å²) in [5, 5.41) is 18.7. The van der Waals surface area contributed by atoms with Crippen molar-refractivity contribution in [3.63, 3.8) is 0 Å². The van der Waals surface area contributed by atoms with Crippen molar-refractivity contribution in [1.82, 2.24) is 41.2 Å². The highest BCUT2D eigenvalue weighted by atomic mass is 16.4. The molecule has 2 aromatic rings. The number of nitrogens with one attached hydrogen (secondary N) is 6. The first-order chi connectivity index (χ1) is 16.8. The Morgan fingerprint density at radius 2 is 1.37 bits per heavy atom. The molecule has 15 heteroatoms. The summed E-state index contributed by atoms with van der Waals surface area (Å²) >= 11 is 0. The van der Waals surface area contributed by atoms with Gasteiger partial charge < -0.3 is 42.1 Å². The van der Waals surface area contributed by atoms with Gasteiger partial charge in [-0.1, -0.05) is 0 Å². The number of nitrogens with two attached hydrogens (primary N) is 1. The highest BCUT2D eigenvalue weighted by molar-refractivity contribution is 5.90. The van der Waals surface area contributed by atoms with E-state index in [9.17, 15) is 24.0 Å². The largest absolute Gasteiger partial charge is 0.480 e. The Morgan fingerprint density at radius 1 is 0.857 bits per heavy atom. The van der Waals surface area contributed by atoms with Crippen LogP contribution in [-0.2, 0) is 36.8 Å². The highest BCUT2D eigenvalue weighted by Crippen LogP contribution is 2.01. The molecule has 0 fully saturated rings. The molecule has 0 aromatic carbocycles. The Bertz CT molecular complexity index is 977. The molecule has 2 aromatic heterocycles. The summed E-state index contributed by atoms with van der Waals surface area (Å²) in [6.45, 7) is -0.544. The molecule has 9 N–H and O–H groups in total. The molecule has 2 heterocycles. The minimum absolute atomic E-state index is 0.0337. The van der Waals surface area contributed by atoms with Crippen LogP contribution in [0, 0.1) is 0 Å². The molecule has 0 bridgehead atoms. The molecule has 0 saturated heterocycles. The van der Waals surface area contributed by atoms with E-state index in [0.717, 1.165) is 0 Å². The van der Waals surface area contributed by atoms with Crippen LogP contribution < -0.4 is 27.0 Å². The van der Waals surface area contributed by atoms with Crippen LogP contribution in [0.15, 0.2) is 25.0 Å². The van der Waals surface area contributed by atoms with Gasteiger partial charge in [0.1, 0.15) is 18.6 Å². The lowest BCUT2D eigenvalue weighted by Crippen LogP contribution is -2.50. The Balaban J connectivity index is 1.89. The number of carboxylic acids is 1. The summed E-state index contributed by atoms with van der Waals surface area (Å²) in [6.07, 6.45) is 6.04. The third-order valence-corrected chi connectivity index (χ3v) is 4.68. The molecule has 0 aliphatic rings. The molecule has 0 aliphatic carbocycles. The highest BCUT2D eigenvalue weighted by Gasteiger charge is 2.24. The van der Waals surface area contributed by atoms with Crippen LogP contribution in [0.1, 0.15) is 24.2 Å². The predicted molar refractivity (Wildman–Crippen MR) is 120 cm³/mol. The fourth-order valence-corrected chi connectivity index (χ4v) is 3.01. The molecule has 15 nitrogen and oxygen atoms in total. The Hall–Kier alpha value is -4.27. The van der Waals surface area contributed by atoms with Crippen molar-refractivity contribution >= 4 is 29.6 Å². The number of imidazole rings is 2. The second-order valence-electron chi connectivity index (χ2n) is 7.46. The molecule has 190 valence electrons. The van der Waals surface area contributed by atoms with Crippen molar-refractivity contribution in [2.45, 2.75) is 37.8 Å². The molecule has 0 radical (unpaired) electrons. The lowest BCUT2D eigenvalue weighted by Gasteiger charge is -2.19. The van der Waals surface area contributed by atoms with Crippen LogP contribution in [0.3, 0.4) is 0 Å². The van der Waals surface area contributed by atoms with E-state index in [1.165, 1.54) is 12.7 Å². The van der Waals surface area contributed by atoms with Gasteiger partial charge in [0.15, 0.2) is 0 Å². The van der Waals surface area contributed by atoms with Crippen LogP contribution in [-0.4, -0.2) is 86.4 Å². The lowest BCUT2D eigenvalue weighted by atomic mass is 10.1. The number of H-pyrrole nitrogens is 2. The zero-order valence-corrected chi connectivity index (χ0v) is 18.9. The molecular weight excluding hydrogens is 462 g/mol. The van der Waals surface area contributed by atoms with Crippen molar-refractivity contribution in [2.24, 2.45) is 5.73 Å². The summed E-state index contributed by atoms with van der Waals surface area (Å²) in [7, 11) is 0. The second kappa shape index (κ2) is 14.1. The maximum absolute atomic E-state index is 12.6. The average Bonchev–Trinajstić information content (AvgIpc) is 3.51. The Labute approximate surface area is 200 Å². The maximum atomic E-state index is 12.6. The third-order valence-electron chi connectivity index (χ3n) is 4.68. The van der Waals surface area contributed by atoms with Crippen LogP contribution in [0.5, 0.6) is 0 Å². The first kappa shape index (κ1) is 27.0. The van der Waals surface area contributed by atoms with Crippen LogP contribution in [0.25, 0.3) is 0 Å². The summed E-state index contributed by atoms with van der Waals surface area (Å²) < 4.78 is 0. The molecule has 35 heavy (non-hydrogen) atoms. The molecular formula is C20H29N9O6. The van der Waals surface area contributed by atoms with Gasteiger partial charge in [0.05, 0.1) is 24.0 Å². The van der Waals surface area contributed by atoms with Crippen LogP contribution >= 0.6 is 0 Å². The molecule has 2 atom stereocenters. The SMILES string of the molecule is NCCC(=O)N[C@@H](Cc1c[nH]cn1)C(=O)NCCC(=O)N[C@@H](Cc1c[nH]cn1)C(=O)NCC(=O)O. The minimum Gasteiger partial charge on any atom is -0.480 e. The van der Waals surface area contributed by atoms with Gasteiger partial charge in [0, 0.05) is 51.2 Å². The summed E-state index contributed by atoms with van der Waals surface area (Å²) in [6, 6.07) is -1.99. The van der Waals surface area contributed by atoms with E-state index in [1.807, 2.05) is 0 Å². The monoisotopic (exact) mass is 491 g/mol. The fourth-order valence-electron chi connectivity index (χ4n) is 3.01. The number of hydrogen-bond acceptors (Lipinski definition) is 8. The smallest absolute Gasteiger partial charge is 0.322 e. The van der Waals surface area contributed by atoms with Gasteiger partial charge in [-0.05, 0) is 0 Å². The number of carbonyl (C=O) groups excluding carboxylic acids is 4. The molecule has 0 unspecified atom stereocenters. The van der Waals surface area contributed by atoms with E-state index in [0.29, 0.717) is 11.4 Å². The van der Waals surface area contributed by atoms with Gasteiger partial charge in [-0.25, -0.2) is 9.97 Å².